The molecule has 1 unspecified atom stereocenters. The van der Waals surface area contributed by atoms with Gasteiger partial charge in [-0.15, -0.1) is 0 Å². The van der Waals surface area contributed by atoms with Gasteiger partial charge in [0, 0.05) is 25.2 Å². The van der Waals surface area contributed by atoms with Crippen LogP contribution in [0.4, 0.5) is 0 Å². The molecule has 0 spiro atoms. The van der Waals surface area contributed by atoms with E-state index < -0.39 is 18.0 Å². The summed E-state index contributed by atoms with van der Waals surface area (Å²) in [6, 6.07) is -0.993. The molecule has 0 aromatic carbocycles. The molecule has 0 heterocycles. The van der Waals surface area contributed by atoms with Crippen molar-refractivity contribution in [2.75, 3.05) is 0 Å². The number of carboxylic acids is 2. The normalized spacial score (nSPS) is 12.0. The molecule has 7 heteroatoms. The molecule has 0 aliphatic carbocycles. The first-order valence-electron chi connectivity index (χ1n) is 12.0. The number of hydrogen-bond donors (Lipinski definition) is 3. The van der Waals surface area contributed by atoms with Crippen molar-refractivity contribution in [3.8, 4) is 0 Å². The Hall–Kier alpha value is -1.92. The van der Waals surface area contributed by atoms with Gasteiger partial charge in [-0.25, -0.2) is 4.79 Å². The van der Waals surface area contributed by atoms with Crippen LogP contribution in [0.5, 0.6) is 0 Å². The van der Waals surface area contributed by atoms with E-state index in [0.29, 0.717) is 6.42 Å². The second-order valence-corrected chi connectivity index (χ2v) is 8.75. The number of ketones is 1. The quantitative estimate of drug-likeness (QED) is 0.213. The van der Waals surface area contributed by atoms with Gasteiger partial charge < -0.3 is 15.5 Å². The third-order valence-corrected chi connectivity index (χ3v) is 5.50. The number of hydrogen-bond acceptors (Lipinski definition) is 4. The molecule has 1 amide bonds. The van der Waals surface area contributed by atoms with Crippen molar-refractivity contribution in [3.63, 3.8) is 0 Å². The van der Waals surface area contributed by atoms with E-state index in [-0.39, 0.29) is 36.9 Å². The van der Waals surface area contributed by atoms with Gasteiger partial charge in [0.25, 0.3) is 0 Å². The lowest BCUT2D eigenvalue weighted by molar-refractivity contribution is -0.142. The summed E-state index contributed by atoms with van der Waals surface area (Å²) in [5, 5.41) is 20.3. The van der Waals surface area contributed by atoms with Crippen LogP contribution in [0.3, 0.4) is 0 Å². The standard InChI is InChI=1S/C24H43NO6/c1-19(2)21(26)18-17-20(24(30)31)25-22(27)15-13-11-9-7-5-3-4-6-8-10-12-14-16-23(28)29/h19-20H,3-18H2,1-2H3,(H,25,27)(H,28,29)(H,30,31). The zero-order valence-electron chi connectivity index (χ0n) is 19.5. The third kappa shape index (κ3) is 18.6. The average molecular weight is 442 g/mol. The first kappa shape index (κ1) is 29.1. The predicted octanol–water partition coefficient (Wildman–Crippen LogP) is 5.11. The Morgan fingerprint density at radius 3 is 1.45 bits per heavy atom. The maximum Gasteiger partial charge on any atom is 0.326 e. The lowest BCUT2D eigenvalue weighted by atomic mass is 10.0. The highest BCUT2D eigenvalue weighted by atomic mass is 16.4. The molecule has 0 aromatic heterocycles. The Morgan fingerprint density at radius 2 is 1.06 bits per heavy atom. The summed E-state index contributed by atoms with van der Waals surface area (Å²) in [4.78, 5) is 45.3. The number of carbonyl (C=O) groups excluding carboxylic acids is 2. The van der Waals surface area contributed by atoms with E-state index in [0.717, 1.165) is 44.9 Å². The van der Waals surface area contributed by atoms with Gasteiger partial charge in [0.05, 0.1) is 0 Å². The molecule has 7 nitrogen and oxygen atoms in total. The first-order chi connectivity index (χ1) is 14.7. The zero-order valence-corrected chi connectivity index (χ0v) is 19.5. The van der Waals surface area contributed by atoms with E-state index in [2.05, 4.69) is 5.32 Å². The van der Waals surface area contributed by atoms with Gasteiger partial charge in [-0.1, -0.05) is 78.1 Å². The van der Waals surface area contributed by atoms with Crippen LogP contribution in [-0.4, -0.2) is 39.9 Å². The molecule has 0 saturated heterocycles. The summed E-state index contributed by atoms with van der Waals surface area (Å²) >= 11 is 0. The Balaban J connectivity index is 3.60. The van der Waals surface area contributed by atoms with Gasteiger partial charge in [-0.3, -0.25) is 14.4 Å². The number of nitrogens with one attached hydrogen (secondary N) is 1. The second-order valence-electron chi connectivity index (χ2n) is 8.75. The van der Waals surface area contributed by atoms with Crippen LogP contribution in [-0.2, 0) is 19.2 Å². The van der Waals surface area contributed by atoms with Crippen LogP contribution in [0.1, 0.15) is 117 Å². The molecule has 31 heavy (non-hydrogen) atoms. The average Bonchev–Trinajstić information content (AvgIpc) is 2.70. The number of carboxylic acid groups (broad SMARTS) is 2. The summed E-state index contributed by atoms with van der Waals surface area (Å²) in [7, 11) is 0. The number of amides is 1. The van der Waals surface area contributed by atoms with Gasteiger partial charge in [-0.05, 0) is 19.3 Å². The van der Waals surface area contributed by atoms with E-state index in [9.17, 15) is 24.3 Å². The summed E-state index contributed by atoms with van der Waals surface area (Å²) in [6.07, 6.45) is 13.8. The predicted molar refractivity (Wildman–Crippen MR) is 121 cm³/mol. The number of unbranched alkanes of at least 4 members (excludes halogenated alkanes) is 11. The van der Waals surface area contributed by atoms with Crippen LogP contribution >= 0.6 is 0 Å². The Labute approximate surface area is 187 Å². The Morgan fingerprint density at radius 1 is 0.645 bits per heavy atom. The molecule has 1 atom stereocenters. The van der Waals surface area contributed by atoms with Crippen molar-refractivity contribution in [2.45, 2.75) is 123 Å². The molecule has 0 radical (unpaired) electrons. The molecule has 0 aromatic rings. The highest BCUT2D eigenvalue weighted by Gasteiger charge is 2.21. The maximum atomic E-state index is 12.0. The van der Waals surface area contributed by atoms with Gasteiger partial charge >= 0.3 is 11.9 Å². The number of aliphatic carboxylic acids is 2. The van der Waals surface area contributed by atoms with Crippen molar-refractivity contribution >= 4 is 23.6 Å². The molecule has 0 saturated carbocycles. The summed E-state index contributed by atoms with van der Waals surface area (Å²) in [5.74, 6) is -2.17. The molecule has 0 rings (SSSR count). The number of rotatable bonds is 21. The SMILES string of the molecule is CC(C)C(=O)CCC(NC(=O)CCCCCCCCCCCCCCC(=O)O)C(=O)O. The molecule has 0 fully saturated rings. The fourth-order valence-corrected chi connectivity index (χ4v) is 3.43. The van der Waals surface area contributed by atoms with Gasteiger partial charge in [0.2, 0.25) is 5.91 Å². The molecule has 180 valence electrons. The zero-order chi connectivity index (χ0) is 23.5. The minimum atomic E-state index is -1.09. The highest BCUT2D eigenvalue weighted by molar-refractivity contribution is 5.85. The third-order valence-electron chi connectivity index (χ3n) is 5.50. The highest BCUT2D eigenvalue weighted by Crippen LogP contribution is 2.13. The van der Waals surface area contributed by atoms with Gasteiger partial charge in [-0.2, -0.15) is 0 Å². The minimum Gasteiger partial charge on any atom is -0.481 e. The van der Waals surface area contributed by atoms with Crippen molar-refractivity contribution < 1.29 is 29.4 Å². The molecular weight excluding hydrogens is 398 g/mol. The van der Waals surface area contributed by atoms with Crippen LogP contribution < -0.4 is 5.32 Å². The first-order valence-corrected chi connectivity index (χ1v) is 12.0. The fourth-order valence-electron chi connectivity index (χ4n) is 3.43. The van der Waals surface area contributed by atoms with Crippen molar-refractivity contribution in [2.24, 2.45) is 5.92 Å². The van der Waals surface area contributed by atoms with Crippen LogP contribution in [0.2, 0.25) is 0 Å². The van der Waals surface area contributed by atoms with Crippen molar-refractivity contribution in [3.05, 3.63) is 0 Å². The summed E-state index contributed by atoms with van der Waals surface area (Å²) in [6.45, 7) is 3.56. The van der Waals surface area contributed by atoms with E-state index in [1.165, 1.54) is 32.1 Å². The van der Waals surface area contributed by atoms with Crippen LogP contribution in [0.25, 0.3) is 0 Å². The Bertz CT molecular complexity index is 532. The van der Waals surface area contributed by atoms with E-state index in [1.807, 2.05) is 0 Å². The Kier molecular flexibility index (Phi) is 17.7. The second kappa shape index (κ2) is 18.8. The largest absolute Gasteiger partial charge is 0.481 e. The minimum absolute atomic E-state index is 0.0104. The number of carbonyl (C=O) groups is 4. The topological polar surface area (TPSA) is 121 Å². The molecule has 0 bridgehead atoms. The maximum absolute atomic E-state index is 12.0. The van der Waals surface area contributed by atoms with Crippen molar-refractivity contribution in [1.82, 2.24) is 5.32 Å². The fraction of sp³-hybridized carbons (Fsp3) is 0.833. The smallest absolute Gasteiger partial charge is 0.326 e. The summed E-state index contributed by atoms with van der Waals surface area (Å²) in [5.41, 5.74) is 0. The lowest BCUT2D eigenvalue weighted by Crippen LogP contribution is -2.41. The van der Waals surface area contributed by atoms with E-state index in [4.69, 9.17) is 5.11 Å². The van der Waals surface area contributed by atoms with Crippen molar-refractivity contribution in [1.29, 1.82) is 0 Å². The van der Waals surface area contributed by atoms with Crippen LogP contribution in [0, 0.1) is 5.92 Å². The van der Waals surface area contributed by atoms with Gasteiger partial charge in [0.15, 0.2) is 0 Å². The van der Waals surface area contributed by atoms with Crippen LogP contribution in [0.15, 0.2) is 0 Å². The molecular formula is C24H43NO6. The van der Waals surface area contributed by atoms with E-state index in [1.54, 1.807) is 13.8 Å². The van der Waals surface area contributed by atoms with Gasteiger partial charge in [0.1, 0.15) is 11.8 Å². The monoisotopic (exact) mass is 441 g/mol. The van der Waals surface area contributed by atoms with E-state index >= 15 is 0 Å². The molecule has 3 N–H and O–H groups in total. The summed E-state index contributed by atoms with van der Waals surface area (Å²) < 4.78 is 0. The lowest BCUT2D eigenvalue weighted by Gasteiger charge is -2.14. The molecule has 0 aliphatic heterocycles. The molecule has 0 aliphatic rings. The number of Topliss-reactive ketones (excluding diaryl/α,β-unsaturated/α-hetero) is 1.